The number of amides is 1. The molecule has 148 valence electrons. The first-order valence-electron chi connectivity index (χ1n) is 9.02. The number of hydrogen-bond donors (Lipinski definition) is 2. The van der Waals surface area contributed by atoms with Crippen LogP contribution in [0.5, 0.6) is 0 Å². The Bertz CT molecular complexity index is 1030. The fraction of sp³-hybridized carbons (Fsp3) is 0.143. The molecule has 3 rings (SSSR count). The van der Waals surface area contributed by atoms with Crippen molar-refractivity contribution in [3.63, 3.8) is 0 Å². The third-order valence-electron chi connectivity index (χ3n) is 4.10. The van der Waals surface area contributed by atoms with Crippen LogP contribution in [-0.2, 0) is 18.4 Å². The molecule has 0 unspecified atom stereocenters. The lowest BCUT2D eigenvalue weighted by molar-refractivity contribution is -0.111. The highest BCUT2D eigenvalue weighted by Crippen LogP contribution is 2.19. The molecule has 1 aliphatic rings. The van der Waals surface area contributed by atoms with Gasteiger partial charge in [0.25, 0.3) is 0 Å². The summed E-state index contributed by atoms with van der Waals surface area (Å²) in [4.78, 5) is 16.1. The quantitative estimate of drug-likeness (QED) is 0.712. The third kappa shape index (κ3) is 5.07. The number of hydrazone groups is 1. The molecular formula is C21H23N7O. The first-order chi connectivity index (χ1) is 14.0. The van der Waals surface area contributed by atoms with Crippen LogP contribution in [0.15, 0.2) is 83.5 Å². The summed E-state index contributed by atoms with van der Waals surface area (Å²) in [5.74, 6) is 0.918. The molecule has 2 heterocycles. The average molecular weight is 389 g/mol. The second-order valence-electron chi connectivity index (χ2n) is 6.35. The van der Waals surface area contributed by atoms with Gasteiger partial charge in [-0.05, 0) is 30.7 Å². The number of hydrogen-bond acceptors (Lipinski definition) is 5. The van der Waals surface area contributed by atoms with E-state index in [-0.39, 0.29) is 5.91 Å². The highest BCUT2D eigenvalue weighted by molar-refractivity contribution is 6.18. The molecule has 1 aromatic heterocycles. The maximum Gasteiger partial charge on any atom is 0.247 e. The van der Waals surface area contributed by atoms with E-state index in [2.05, 4.69) is 39.0 Å². The lowest BCUT2D eigenvalue weighted by atomic mass is 10.2. The van der Waals surface area contributed by atoms with E-state index in [0.717, 1.165) is 16.8 Å². The molecule has 8 heteroatoms. The number of aryl methyl sites for hydroxylation is 1. The normalized spacial score (nSPS) is 15.7. The second-order valence-corrected chi connectivity index (χ2v) is 6.35. The van der Waals surface area contributed by atoms with E-state index in [1.54, 1.807) is 22.1 Å². The zero-order valence-electron chi connectivity index (χ0n) is 16.5. The molecule has 2 aromatic rings. The maximum absolute atomic E-state index is 11.5. The van der Waals surface area contributed by atoms with Crippen LogP contribution in [0, 0.1) is 0 Å². The Labute approximate surface area is 169 Å². The van der Waals surface area contributed by atoms with Crippen LogP contribution >= 0.6 is 0 Å². The lowest BCUT2D eigenvalue weighted by Gasteiger charge is -2.17. The van der Waals surface area contributed by atoms with E-state index in [1.165, 1.54) is 6.08 Å². The van der Waals surface area contributed by atoms with Crippen molar-refractivity contribution >= 4 is 29.3 Å². The summed E-state index contributed by atoms with van der Waals surface area (Å²) < 4.78 is 1.70. The van der Waals surface area contributed by atoms with Gasteiger partial charge in [-0.15, -0.1) is 0 Å². The first-order valence-corrected chi connectivity index (χ1v) is 9.02. The van der Waals surface area contributed by atoms with Gasteiger partial charge in [-0.2, -0.15) is 10.2 Å². The summed E-state index contributed by atoms with van der Waals surface area (Å²) in [5, 5.41) is 16.3. The Morgan fingerprint density at radius 3 is 2.83 bits per heavy atom. The van der Waals surface area contributed by atoms with Crippen molar-refractivity contribution in [1.82, 2.24) is 14.8 Å². The monoisotopic (exact) mass is 389 g/mol. The Kier molecular flexibility index (Phi) is 6.03. The Morgan fingerprint density at radius 2 is 2.14 bits per heavy atom. The minimum Gasteiger partial charge on any atom is -0.338 e. The highest BCUT2D eigenvalue weighted by Gasteiger charge is 2.20. The Hall–Kier alpha value is -3.94. The van der Waals surface area contributed by atoms with Crippen LogP contribution in [0.3, 0.4) is 0 Å². The number of aromatic nitrogens is 2. The number of benzene rings is 1. The van der Waals surface area contributed by atoms with Crippen molar-refractivity contribution in [2.75, 3.05) is 10.6 Å². The van der Waals surface area contributed by atoms with Gasteiger partial charge < -0.3 is 10.6 Å². The summed E-state index contributed by atoms with van der Waals surface area (Å²) >= 11 is 0. The molecule has 0 aliphatic carbocycles. The Morgan fingerprint density at radius 1 is 1.31 bits per heavy atom. The molecule has 0 atom stereocenters. The van der Waals surface area contributed by atoms with Gasteiger partial charge in [0.1, 0.15) is 5.82 Å². The van der Waals surface area contributed by atoms with E-state index in [1.807, 2.05) is 50.5 Å². The van der Waals surface area contributed by atoms with Crippen LogP contribution in [0.2, 0.25) is 0 Å². The zero-order chi connectivity index (χ0) is 20.8. The SMILES string of the molecule is C=CC(=O)Nc1cccc(CN2N=CC(=C/C)/C2=N\C(=C)Nc2cnn(C)c2)c1. The molecule has 1 aliphatic heterocycles. The summed E-state index contributed by atoms with van der Waals surface area (Å²) in [6.07, 6.45) is 8.49. The van der Waals surface area contributed by atoms with Crippen LogP contribution in [0.4, 0.5) is 11.4 Å². The number of anilines is 2. The fourth-order valence-electron chi connectivity index (χ4n) is 2.76. The van der Waals surface area contributed by atoms with Gasteiger partial charge in [-0.1, -0.05) is 31.4 Å². The van der Waals surface area contributed by atoms with Gasteiger partial charge >= 0.3 is 0 Å². The topological polar surface area (TPSA) is 86.9 Å². The summed E-state index contributed by atoms with van der Waals surface area (Å²) in [7, 11) is 1.84. The number of aliphatic imine (C=N–C) groups is 1. The highest BCUT2D eigenvalue weighted by atomic mass is 16.1. The number of rotatable bonds is 7. The fourth-order valence-corrected chi connectivity index (χ4v) is 2.76. The largest absolute Gasteiger partial charge is 0.338 e. The molecule has 0 saturated carbocycles. The molecule has 1 aromatic carbocycles. The number of carbonyl (C=O) groups excluding carboxylic acids is 1. The van der Waals surface area contributed by atoms with Crippen molar-refractivity contribution in [3.05, 3.63) is 78.9 Å². The van der Waals surface area contributed by atoms with Crippen molar-refractivity contribution in [2.24, 2.45) is 17.1 Å². The molecule has 0 spiro atoms. The molecule has 1 amide bonds. The predicted octanol–water partition coefficient (Wildman–Crippen LogP) is 3.27. The molecule has 29 heavy (non-hydrogen) atoms. The molecular weight excluding hydrogens is 366 g/mol. The number of nitrogens with zero attached hydrogens (tertiary/aromatic N) is 5. The summed E-state index contributed by atoms with van der Waals surface area (Å²) in [6, 6.07) is 7.56. The van der Waals surface area contributed by atoms with E-state index in [4.69, 9.17) is 0 Å². The van der Waals surface area contributed by atoms with E-state index in [9.17, 15) is 4.79 Å². The van der Waals surface area contributed by atoms with Gasteiger partial charge in [-0.3, -0.25) is 9.48 Å². The number of allylic oxidation sites excluding steroid dienone is 1. The minimum absolute atomic E-state index is 0.252. The van der Waals surface area contributed by atoms with E-state index in [0.29, 0.717) is 23.9 Å². The lowest BCUT2D eigenvalue weighted by Crippen LogP contribution is -2.23. The van der Waals surface area contributed by atoms with Crippen LogP contribution in [0.1, 0.15) is 12.5 Å². The van der Waals surface area contributed by atoms with Gasteiger partial charge in [-0.25, -0.2) is 10.0 Å². The molecule has 2 N–H and O–H groups in total. The molecule has 0 saturated heterocycles. The second kappa shape index (κ2) is 8.83. The number of amidine groups is 1. The average Bonchev–Trinajstić information content (AvgIpc) is 3.27. The van der Waals surface area contributed by atoms with Crippen LogP contribution in [0.25, 0.3) is 0 Å². The predicted molar refractivity (Wildman–Crippen MR) is 116 cm³/mol. The van der Waals surface area contributed by atoms with Gasteiger partial charge in [0.2, 0.25) is 5.91 Å². The minimum atomic E-state index is -0.252. The van der Waals surface area contributed by atoms with Gasteiger partial charge in [0.05, 0.1) is 24.6 Å². The summed E-state index contributed by atoms with van der Waals surface area (Å²) in [6.45, 7) is 9.88. The van der Waals surface area contributed by atoms with Gasteiger partial charge in [0.15, 0.2) is 5.84 Å². The van der Waals surface area contributed by atoms with Crippen LogP contribution < -0.4 is 10.6 Å². The molecule has 0 radical (unpaired) electrons. The van der Waals surface area contributed by atoms with Crippen molar-refractivity contribution in [3.8, 4) is 0 Å². The van der Waals surface area contributed by atoms with E-state index < -0.39 is 0 Å². The maximum atomic E-state index is 11.5. The van der Waals surface area contributed by atoms with Crippen molar-refractivity contribution < 1.29 is 4.79 Å². The first kappa shape index (κ1) is 19.8. The van der Waals surface area contributed by atoms with Crippen molar-refractivity contribution in [1.29, 1.82) is 0 Å². The standard InChI is InChI=1S/C21H23N7O/c1-5-17-11-23-28(13-16-8-7-9-18(10-16)26-20(29)6-2)21(17)25-15(3)24-19-12-22-27(4)14-19/h5-12,14,24H,2-3,13H2,1,4H3,(H,26,29)/b17-5-,25-21+. The molecule has 8 nitrogen and oxygen atoms in total. The van der Waals surface area contributed by atoms with Crippen molar-refractivity contribution in [2.45, 2.75) is 13.5 Å². The Balaban J connectivity index is 1.76. The third-order valence-corrected chi connectivity index (χ3v) is 4.10. The number of carbonyl (C=O) groups is 1. The van der Waals surface area contributed by atoms with E-state index >= 15 is 0 Å². The van der Waals surface area contributed by atoms with Gasteiger partial charge in [0, 0.05) is 24.5 Å². The molecule has 0 bridgehead atoms. The summed E-state index contributed by atoms with van der Waals surface area (Å²) in [5.41, 5.74) is 3.37. The molecule has 0 fully saturated rings. The zero-order valence-corrected chi connectivity index (χ0v) is 16.5. The number of nitrogens with one attached hydrogen (secondary N) is 2. The van der Waals surface area contributed by atoms with Crippen LogP contribution in [-0.4, -0.2) is 32.7 Å². The smallest absolute Gasteiger partial charge is 0.247 e.